The van der Waals surface area contributed by atoms with Gasteiger partial charge in [-0.2, -0.15) is 5.90 Å². The van der Waals surface area contributed by atoms with Gasteiger partial charge in [-0.05, 0) is 51.0 Å². The molecule has 0 bridgehead atoms. The van der Waals surface area contributed by atoms with Gasteiger partial charge in [-0.15, -0.1) is 0 Å². The van der Waals surface area contributed by atoms with E-state index in [0.29, 0.717) is 55.4 Å². The number of fused-ring (bicyclic) bond motifs is 1. The first kappa shape index (κ1) is 24.9. The number of ether oxygens (including phenoxy) is 3. The molecule has 3 aromatic rings. The largest absolute Gasteiger partial charge is 0.490 e. The molecule has 180 valence electrons. The molecular formula is C26H31N3O5. The van der Waals surface area contributed by atoms with Crippen LogP contribution in [0.1, 0.15) is 43.9 Å². The van der Waals surface area contributed by atoms with Gasteiger partial charge < -0.3 is 24.0 Å². The first-order valence-corrected chi connectivity index (χ1v) is 11.3. The number of aryl methyl sites for hydroxylation is 1. The molecule has 3 rings (SSSR count). The van der Waals surface area contributed by atoms with Crippen molar-refractivity contribution in [3.05, 3.63) is 65.9 Å². The van der Waals surface area contributed by atoms with Crippen LogP contribution in [-0.2, 0) is 20.8 Å². The molecular weight excluding hydrogens is 434 g/mol. The number of aromatic nitrogens is 1. The molecule has 3 N–H and O–H groups in total. The van der Waals surface area contributed by atoms with Crippen molar-refractivity contribution in [2.45, 2.75) is 33.6 Å². The third-order valence-electron chi connectivity index (χ3n) is 5.15. The molecule has 0 fully saturated rings. The summed E-state index contributed by atoms with van der Waals surface area (Å²) in [6.45, 7) is 11.1. The molecule has 2 aromatic carbocycles. The fraction of sp³-hybridized carbons (Fsp3) is 0.308. The minimum atomic E-state index is -0.214. The first-order valence-electron chi connectivity index (χ1n) is 11.3. The average molecular weight is 466 g/mol. The number of nitrogens with zero attached hydrogens (tertiary/aromatic N) is 1. The van der Waals surface area contributed by atoms with E-state index in [1.165, 1.54) is 0 Å². The molecule has 0 aliphatic heterocycles. The van der Waals surface area contributed by atoms with Crippen LogP contribution in [0.2, 0.25) is 0 Å². The molecule has 0 amide bonds. The Balaban J connectivity index is 1.90. The summed E-state index contributed by atoms with van der Waals surface area (Å²) >= 11 is 0. The Morgan fingerprint density at radius 1 is 1.06 bits per heavy atom. The second-order valence-corrected chi connectivity index (χ2v) is 7.36. The van der Waals surface area contributed by atoms with E-state index in [1.807, 2.05) is 38.2 Å². The number of esters is 1. The van der Waals surface area contributed by atoms with Gasteiger partial charge in [0, 0.05) is 29.1 Å². The second-order valence-electron chi connectivity index (χ2n) is 7.36. The summed E-state index contributed by atoms with van der Waals surface area (Å²) in [4.78, 5) is 24.7. The standard InChI is InChI=1S/C26H31N3O5/c1-5-31-22-13-11-18(15-23(22)32-6-2)26(34-27)29-17(4)20-9-8-10-21-19(16-28-25(20)21)12-14-24(30)33-7-3/h8-11,13,15-16,28H,4-7,12,14,27H2,1-3H3/b29-26-. The minimum Gasteiger partial charge on any atom is -0.490 e. The minimum absolute atomic E-state index is 0.195. The predicted octanol–water partition coefficient (Wildman–Crippen LogP) is 4.77. The number of aliphatic imine (C=N–C) groups is 1. The fourth-order valence-electron chi connectivity index (χ4n) is 3.66. The topological polar surface area (TPSA) is 108 Å². The highest BCUT2D eigenvalue weighted by Gasteiger charge is 2.15. The van der Waals surface area contributed by atoms with E-state index in [9.17, 15) is 4.79 Å². The lowest BCUT2D eigenvalue weighted by Crippen LogP contribution is -2.12. The first-order chi connectivity index (χ1) is 16.5. The quantitative estimate of drug-likeness (QED) is 0.183. The van der Waals surface area contributed by atoms with E-state index in [2.05, 4.69) is 16.6 Å². The molecule has 1 aromatic heterocycles. The molecule has 0 atom stereocenters. The lowest BCUT2D eigenvalue weighted by molar-refractivity contribution is -0.143. The van der Waals surface area contributed by atoms with Crippen LogP contribution in [0, 0.1) is 0 Å². The summed E-state index contributed by atoms with van der Waals surface area (Å²) < 4.78 is 16.3. The molecule has 0 aliphatic carbocycles. The van der Waals surface area contributed by atoms with Crippen LogP contribution >= 0.6 is 0 Å². The van der Waals surface area contributed by atoms with Gasteiger partial charge >= 0.3 is 5.97 Å². The fourth-order valence-corrected chi connectivity index (χ4v) is 3.66. The highest BCUT2D eigenvalue weighted by Crippen LogP contribution is 2.31. The Labute approximate surface area is 199 Å². The van der Waals surface area contributed by atoms with Gasteiger partial charge in [0.05, 0.1) is 31.0 Å². The third kappa shape index (κ3) is 5.77. The van der Waals surface area contributed by atoms with E-state index >= 15 is 0 Å². The van der Waals surface area contributed by atoms with E-state index < -0.39 is 0 Å². The zero-order valence-corrected chi connectivity index (χ0v) is 19.8. The van der Waals surface area contributed by atoms with Gasteiger partial charge in [0.2, 0.25) is 5.90 Å². The number of rotatable bonds is 11. The molecule has 0 saturated heterocycles. The zero-order chi connectivity index (χ0) is 24.5. The number of carbonyl (C=O) groups is 1. The second kappa shape index (κ2) is 11.9. The average Bonchev–Trinajstić information content (AvgIpc) is 3.26. The molecule has 0 unspecified atom stereocenters. The molecule has 0 radical (unpaired) electrons. The number of nitrogens with two attached hydrogens (primary N) is 1. The molecule has 8 heteroatoms. The van der Waals surface area contributed by atoms with Crippen molar-refractivity contribution < 1.29 is 23.8 Å². The Bertz CT molecular complexity index is 1180. The Kier molecular flexibility index (Phi) is 8.70. The van der Waals surface area contributed by atoms with Crippen LogP contribution < -0.4 is 15.4 Å². The maximum atomic E-state index is 11.8. The lowest BCUT2D eigenvalue weighted by Gasteiger charge is -2.13. The molecule has 0 spiro atoms. The number of carbonyl (C=O) groups excluding carboxylic acids is 1. The van der Waals surface area contributed by atoms with E-state index in [1.54, 1.807) is 25.1 Å². The van der Waals surface area contributed by atoms with E-state index in [-0.39, 0.29) is 11.9 Å². The number of aromatic amines is 1. The third-order valence-corrected chi connectivity index (χ3v) is 5.15. The number of benzene rings is 2. The highest BCUT2D eigenvalue weighted by molar-refractivity contribution is 6.00. The molecule has 8 nitrogen and oxygen atoms in total. The summed E-state index contributed by atoms with van der Waals surface area (Å²) in [5.74, 6) is 6.76. The smallest absolute Gasteiger partial charge is 0.306 e. The molecule has 1 heterocycles. The Morgan fingerprint density at radius 2 is 1.82 bits per heavy atom. The van der Waals surface area contributed by atoms with Crippen LogP contribution in [-0.4, -0.2) is 36.7 Å². The molecule has 0 aliphatic rings. The van der Waals surface area contributed by atoms with Crippen molar-refractivity contribution in [2.75, 3.05) is 19.8 Å². The summed E-state index contributed by atoms with van der Waals surface area (Å²) in [7, 11) is 0. The number of hydrogen-bond acceptors (Lipinski definition) is 7. The number of H-pyrrole nitrogens is 1. The number of nitrogens with one attached hydrogen (secondary N) is 1. The van der Waals surface area contributed by atoms with Crippen LogP contribution in [0.15, 0.2) is 54.2 Å². The van der Waals surface area contributed by atoms with Gasteiger partial charge in [-0.3, -0.25) is 4.79 Å². The van der Waals surface area contributed by atoms with Gasteiger partial charge in [0.25, 0.3) is 0 Å². The Morgan fingerprint density at radius 3 is 2.53 bits per heavy atom. The van der Waals surface area contributed by atoms with Gasteiger partial charge in [-0.1, -0.05) is 24.8 Å². The van der Waals surface area contributed by atoms with E-state index in [4.69, 9.17) is 24.9 Å². The monoisotopic (exact) mass is 465 g/mol. The van der Waals surface area contributed by atoms with Crippen LogP contribution in [0.4, 0.5) is 0 Å². The van der Waals surface area contributed by atoms with Gasteiger partial charge in [-0.25, -0.2) is 4.99 Å². The number of hydrogen-bond donors (Lipinski definition) is 2. The summed E-state index contributed by atoms with van der Waals surface area (Å²) in [6.07, 6.45) is 2.78. The Hall–Kier alpha value is -3.78. The number of para-hydroxylation sites is 1. The summed E-state index contributed by atoms with van der Waals surface area (Å²) in [5, 5.41) is 0.994. The van der Waals surface area contributed by atoms with Crippen LogP contribution in [0.3, 0.4) is 0 Å². The van der Waals surface area contributed by atoms with Gasteiger partial charge in [0.15, 0.2) is 11.5 Å². The highest BCUT2D eigenvalue weighted by atomic mass is 16.6. The normalized spacial score (nSPS) is 11.4. The van der Waals surface area contributed by atoms with Crippen LogP contribution in [0.5, 0.6) is 11.5 Å². The summed E-state index contributed by atoms with van der Waals surface area (Å²) in [6, 6.07) is 11.2. The zero-order valence-electron chi connectivity index (χ0n) is 19.8. The van der Waals surface area contributed by atoms with E-state index in [0.717, 1.165) is 22.0 Å². The van der Waals surface area contributed by atoms with Crippen molar-refractivity contribution in [1.29, 1.82) is 0 Å². The van der Waals surface area contributed by atoms with Crippen molar-refractivity contribution in [3.8, 4) is 11.5 Å². The predicted molar refractivity (Wildman–Crippen MR) is 133 cm³/mol. The SMILES string of the molecule is C=C(/N=C(\ON)c1ccc(OCC)c(OCC)c1)c1cccc2c(CCC(=O)OCC)c[nH]c12. The lowest BCUT2D eigenvalue weighted by atomic mass is 10.0. The molecule has 0 saturated carbocycles. The van der Waals surface area contributed by atoms with Crippen LogP contribution in [0.25, 0.3) is 16.6 Å². The van der Waals surface area contributed by atoms with Crippen molar-refractivity contribution in [2.24, 2.45) is 10.9 Å². The maximum Gasteiger partial charge on any atom is 0.306 e. The van der Waals surface area contributed by atoms with Crippen molar-refractivity contribution in [1.82, 2.24) is 4.98 Å². The molecule has 34 heavy (non-hydrogen) atoms. The summed E-state index contributed by atoms with van der Waals surface area (Å²) in [5.41, 5.74) is 3.78. The van der Waals surface area contributed by atoms with Crippen molar-refractivity contribution in [3.63, 3.8) is 0 Å². The van der Waals surface area contributed by atoms with Crippen molar-refractivity contribution >= 4 is 28.5 Å². The maximum absolute atomic E-state index is 11.8. The van der Waals surface area contributed by atoms with Gasteiger partial charge in [0.1, 0.15) is 0 Å².